The zero-order chi connectivity index (χ0) is 12.4. The van der Waals surface area contributed by atoms with Crippen LogP contribution in [0.25, 0.3) is 0 Å². The van der Waals surface area contributed by atoms with E-state index >= 15 is 0 Å². The van der Waals surface area contributed by atoms with Gasteiger partial charge in [0.25, 0.3) is 0 Å². The fraction of sp³-hybridized carbons (Fsp3) is 0.545. The summed E-state index contributed by atoms with van der Waals surface area (Å²) < 4.78 is 21.9. The Kier molecular flexibility index (Phi) is 3.63. The fourth-order valence-corrected chi connectivity index (χ4v) is 3.31. The molecule has 0 bridgehead atoms. The standard InChI is InChI=1S/C11H15NO4S/c1-7-10(9-4-3-5-16-9)12-8(6-17(7)14)11(13)15-2/h3-5,7-8,10,12H,6H2,1-2H3. The van der Waals surface area contributed by atoms with E-state index in [1.165, 1.54) is 7.11 Å². The van der Waals surface area contributed by atoms with Crippen LogP contribution in [0.15, 0.2) is 22.8 Å². The van der Waals surface area contributed by atoms with Crippen molar-refractivity contribution in [2.45, 2.75) is 24.3 Å². The number of esters is 1. The Balaban J connectivity index is 2.20. The van der Waals surface area contributed by atoms with E-state index in [2.05, 4.69) is 10.1 Å². The summed E-state index contributed by atoms with van der Waals surface area (Å²) in [5.41, 5.74) is 0. The molecule has 0 spiro atoms. The van der Waals surface area contributed by atoms with Crippen LogP contribution in [0.3, 0.4) is 0 Å². The predicted octanol–water partition coefficient (Wildman–Crippen LogP) is 0.603. The van der Waals surface area contributed by atoms with Gasteiger partial charge < -0.3 is 9.15 Å². The highest BCUT2D eigenvalue weighted by atomic mass is 32.2. The molecule has 2 heterocycles. The number of carbonyl (C=O) groups is 1. The fourth-order valence-electron chi connectivity index (χ4n) is 1.93. The zero-order valence-corrected chi connectivity index (χ0v) is 10.5. The third-order valence-corrected chi connectivity index (χ3v) is 4.69. The highest BCUT2D eigenvalue weighted by molar-refractivity contribution is 7.85. The first-order valence-corrected chi connectivity index (χ1v) is 6.76. The van der Waals surface area contributed by atoms with Gasteiger partial charge in [-0.15, -0.1) is 0 Å². The summed E-state index contributed by atoms with van der Waals surface area (Å²) in [5, 5.41) is 3.03. The van der Waals surface area contributed by atoms with Crippen molar-refractivity contribution < 1.29 is 18.2 Å². The molecule has 0 saturated carbocycles. The average molecular weight is 257 g/mol. The molecule has 2 rings (SSSR count). The van der Waals surface area contributed by atoms with Crippen LogP contribution in [0.2, 0.25) is 0 Å². The van der Waals surface area contributed by atoms with Gasteiger partial charge in [-0.05, 0) is 19.1 Å². The maximum atomic E-state index is 12.0. The minimum atomic E-state index is -1.08. The molecule has 1 saturated heterocycles. The minimum Gasteiger partial charge on any atom is -0.468 e. The first-order chi connectivity index (χ1) is 8.13. The van der Waals surface area contributed by atoms with Gasteiger partial charge in [0.2, 0.25) is 0 Å². The molecular weight excluding hydrogens is 242 g/mol. The second kappa shape index (κ2) is 5.01. The number of hydrogen-bond donors (Lipinski definition) is 1. The Bertz CT molecular complexity index is 417. The first-order valence-electron chi connectivity index (χ1n) is 5.38. The van der Waals surface area contributed by atoms with Crippen molar-refractivity contribution in [3.8, 4) is 0 Å². The molecule has 0 aromatic carbocycles. The van der Waals surface area contributed by atoms with E-state index in [-0.39, 0.29) is 23.0 Å². The van der Waals surface area contributed by atoms with Crippen LogP contribution in [-0.2, 0) is 20.3 Å². The van der Waals surface area contributed by atoms with Gasteiger partial charge in [-0.3, -0.25) is 14.3 Å². The quantitative estimate of drug-likeness (QED) is 0.786. The van der Waals surface area contributed by atoms with Gasteiger partial charge in [-0.2, -0.15) is 0 Å². The normalized spacial score (nSPS) is 33.3. The maximum absolute atomic E-state index is 12.0. The van der Waals surface area contributed by atoms with Crippen LogP contribution >= 0.6 is 0 Å². The van der Waals surface area contributed by atoms with E-state index in [1.807, 2.05) is 13.0 Å². The van der Waals surface area contributed by atoms with E-state index in [4.69, 9.17) is 4.42 Å². The summed E-state index contributed by atoms with van der Waals surface area (Å²) in [4.78, 5) is 11.5. The van der Waals surface area contributed by atoms with Gasteiger partial charge in [-0.1, -0.05) is 0 Å². The molecule has 1 fully saturated rings. The van der Waals surface area contributed by atoms with Crippen LogP contribution in [0, 0.1) is 0 Å². The molecule has 1 aromatic heterocycles. The molecule has 0 radical (unpaired) electrons. The molecule has 1 aliphatic heterocycles. The second-order valence-electron chi connectivity index (χ2n) is 3.99. The lowest BCUT2D eigenvalue weighted by molar-refractivity contribution is -0.142. The Hall–Kier alpha value is -1.14. The topological polar surface area (TPSA) is 68.5 Å². The van der Waals surface area contributed by atoms with Gasteiger partial charge >= 0.3 is 5.97 Å². The second-order valence-corrected chi connectivity index (χ2v) is 5.83. The molecule has 4 atom stereocenters. The van der Waals surface area contributed by atoms with E-state index in [0.29, 0.717) is 5.76 Å². The highest BCUT2D eigenvalue weighted by Gasteiger charge is 2.38. The van der Waals surface area contributed by atoms with E-state index in [9.17, 15) is 9.00 Å². The summed E-state index contributed by atoms with van der Waals surface area (Å²) in [6, 6.07) is 2.83. The smallest absolute Gasteiger partial charge is 0.323 e. The number of rotatable bonds is 2. The number of nitrogens with one attached hydrogen (secondary N) is 1. The van der Waals surface area contributed by atoms with E-state index in [1.54, 1.807) is 12.3 Å². The Morgan fingerprint density at radius 2 is 2.41 bits per heavy atom. The van der Waals surface area contributed by atoms with Crippen LogP contribution < -0.4 is 5.32 Å². The van der Waals surface area contributed by atoms with Crippen LogP contribution in [-0.4, -0.2) is 34.3 Å². The molecule has 6 heteroatoms. The molecule has 1 N–H and O–H groups in total. The summed E-state index contributed by atoms with van der Waals surface area (Å²) in [5.74, 6) is 0.590. The third-order valence-electron chi connectivity index (χ3n) is 2.93. The lowest BCUT2D eigenvalue weighted by Crippen LogP contribution is -2.53. The largest absolute Gasteiger partial charge is 0.468 e. The van der Waals surface area contributed by atoms with Crippen molar-refractivity contribution >= 4 is 16.8 Å². The minimum absolute atomic E-state index is 0.0953. The number of hydrogen-bond acceptors (Lipinski definition) is 5. The Morgan fingerprint density at radius 3 is 3.00 bits per heavy atom. The van der Waals surface area contributed by atoms with Gasteiger partial charge in [0.1, 0.15) is 11.8 Å². The Morgan fingerprint density at radius 1 is 1.65 bits per heavy atom. The van der Waals surface area contributed by atoms with E-state index < -0.39 is 16.8 Å². The molecule has 5 nitrogen and oxygen atoms in total. The number of methoxy groups -OCH3 is 1. The molecule has 0 aliphatic carbocycles. The van der Waals surface area contributed by atoms with Crippen molar-refractivity contribution in [1.82, 2.24) is 5.32 Å². The third kappa shape index (κ3) is 2.42. The van der Waals surface area contributed by atoms with Gasteiger partial charge in [-0.25, -0.2) is 0 Å². The van der Waals surface area contributed by atoms with Crippen molar-refractivity contribution in [3.05, 3.63) is 24.2 Å². The van der Waals surface area contributed by atoms with Crippen LogP contribution in [0.1, 0.15) is 18.7 Å². The summed E-state index contributed by atoms with van der Waals surface area (Å²) >= 11 is 0. The van der Waals surface area contributed by atoms with Crippen molar-refractivity contribution in [1.29, 1.82) is 0 Å². The number of carbonyl (C=O) groups excluding carboxylic acids is 1. The molecule has 1 aromatic rings. The monoisotopic (exact) mass is 257 g/mol. The predicted molar refractivity (Wildman–Crippen MR) is 62.9 cm³/mol. The lowest BCUT2D eigenvalue weighted by atomic mass is 10.1. The maximum Gasteiger partial charge on any atom is 0.323 e. The molecule has 4 unspecified atom stereocenters. The molecule has 94 valence electrons. The van der Waals surface area contributed by atoms with Crippen molar-refractivity contribution in [2.75, 3.05) is 12.9 Å². The van der Waals surface area contributed by atoms with E-state index in [0.717, 1.165) is 0 Å². The van der Waals surface area contributed by atoms with Crippen molar-refractivity contribution in [2.24, 2.45) is 0 Å². The first kappa shape index (κ1) is 12.3. The molecule has 17 heavy (non-hydrogen) atoms. The lowest BCUT2D eigenvalue weighted by Gasteiger charge is -2.32. The summed E-state index contributed by atoms with van der Waals surface area (Å²) in [7, 11) is 0.251. The molecule has 1 aliphatic rings. The number of ether oxygens (including phenoxy) is 1. The van der Waals surface area contributed by atoms with Gasteiger partial charge in [0.05, 0.1) is 30.4 Å². The summed E-state index contributed by atoms with van der Waals surface area (Å²) in [6.45, 7) is 1.88. The number of furan rings is 1. The Labute approximate surface area is 102 Å². The van der Waals surface area contributed by atoms with Crippen molar-refractivity contribution in [3.63, 3.8) is 0 Å². The SMILES string of the molecule is COC(=O)C1CS(=O)C(C)C(c2ccco2)N1. The van der Waals surface area contributed by atoms with Gasteiger partial charge in [0.15, 0.2) is 0 Å². The average Bonchev–Trinajstić information content (AvgIpc) is 2.85. The van der Waals surface area contributed by atoms with Gasteiger partial charge in [0, 0.05) is 10.8 Å². The summed E-state index contributed by atoms with van der Waals surface area (Å²) in [6.07, 6.45) is 1.56. The highest BCUT2D eigenvalue weighted by Crippen LogP contribution is 2.26. The zero-order valence-electron chi connectivity index (χ0n) is 9.71. The molecular formula is C11H15NO4S. The van der Waals surface area contributed by atoms with Crippen LogP contribution in [0.4, 0.5) is 0 Å². The molecule has 0 amide bonds. The van der Waals surface area contributed by atoms with Crippen LogP contribution in [0.5, 0.6) is 0 Å².